The molecule has 0 bridgehead atoms. The summed E-state index contributed by atoms with van der Waals surface area (Å²) >= 11 is 0. The lowest BCUT2D eigenvalue weighted by Gasteiger charge is -2.21. The van der Waals surface area contributed by atoms with E-state index in [2.05, 4.69) is 55.4 Å². The van der Waals surface area contributed by atoms with Crippen LogP contribution in [0.3, 0.4) is 0 Å². The Morgan fingerprint density at radius 3 is 0.703 bits per heavy atom. The van der Waals surface area contributed by atoms with Crippen LogP contribution < -0.4 is 0 Å². The Balaban J connectivity index is 5.17. The summed E-state index contributed by atoms with van der Waals surface area (Å²) in [7, 11) is -9.92. The van der Waals surface area contributed by atoms with E-state index < -0.39 is 97.5 Å². The number of unbranched alkanes of at least 4 members (excludes halogenated alkanes) is 43. The zero-order valence-corrected chi connectivity index (χ0v) is 68.3. The zero-order chi connectivity index (χ0) is 74.6. The zero-order valence-electron chi connectivity index (χ0n) is 66.5. The molecule has 0 saturated carbocycles. The fraction of sp³-hybridized carbons (Fsp3) is 0.951. The largest absolute Gasteiger partial charge is 0.472 e. The molecular formula is C82H160O17P2. The first-order valence-electron chi connectivity index (χ1n) is 42.3. The van der Waals surface area contributed by atoms with Gasteiger partial charge in [-0.3, -0.25) is 37.3 Å². The van der Waals surface area contributed by atoms with E-state index in [4.69, 9.17) is 37.0 Å². The number of phosphoric acid groups is 2. The van der Waals surface area contributed by atoms with Crippen LogP contribution in [0.15, 0.2) is 0 Å². The maximum Gasteiger partial charge on any atom is 0.472 e. The van der Waals surface area contributed by atoms with Crippen molar-refractivity contribution >= 4 is 39.5 Å². The molecule has 0 aromatic rings. The van der Waals surface area contributed by atoms with Crippen molar-refractivity contribution in [1.29, 1.82) is 0 Å². The highest BCUT2D eigenvalue weighted by Gasteiger charge is 2.30. The van der Waals surface area contributed by atoms with E-state index in [9.17, 15) is 43.2 Å². The van der Waals surface area contributed by atoms with E-state index >= 15 is 0 Å². The van der Waals surface area contributed by atoms with E-state index in [-0.39, 0.29) is 25.7 Å². The Labute approximate surface area is 619 Å². The van der Waals surface area contributed by atoms with E-state index in [0.717, 1.165) is 114 Å². The van der Waals surface area contributed by atoms with Gasteiger partial charge < -0.3 is 33.8 Å². The van der Waals surface area contributed by atoms with Crippen LogP contribution in [-0.4, -0.2) is 96.7 Å². The molecule has 3 N–H and O–H groups in total. The summed E-state index contributed by atoms with van der Waals surface area (Å²) in [5, 5.41) is 10.6. The molecule has 0 saturated heterocycles. The SMILES string of the molecule is CCC(C)CCCCCCCCCCCCCCCCCCCCC(=O)O[C@H](COC(=O)CCCCCCCCCCCC(C)C)COP(=O)(O)OC[C@@H](O)COP(=O)(O)OC[C@@H](COC(=O)CCCCCCCCC(C)C)OC(=O)CCCCCCCCCCCCCCCCC(C)CC. The molecule has 0 spiro atoms. The molecule has 600 valence electrons. The summed E-state index contributed by atoms with van der Waals surface area (Å²) in [5.74, 6) is 1.02. The molecule has 0 aromatic heterocycles. The minimum atomic E-state index is -4.96. The van der Waals surface area contributed by atoms with Gasteiger partial charge in [0.1, 0.15) is 19.3 Å². The van der Waals surface area contributed by atoms with Crippen LogP contribution in [0.25, 0.3) is 0 Å². The molecule has 4 unspecified atom stereocenters. The summed E-state index contributed by atoms with van der Waals surface area (Å²) in [5.41, 5.74) is 0. The Morgan fingerprint density at radius 2 is 0.475 bits per heavy atom. The second-order valence-corrected chi connectivity index (χ2v) is 33.9. The molecule has 0 rings (SSSR count). The highest BCUT2D eigenvalue weighted by atomic mass is 31.2. The number of rotatable bonds is 79. The summed E-state index contributed by atoms with van der Waals surface area (Å²) in [4.78, 5) is 73.0. The second-order valence-electron chi connectivity index (χ2n) is 31.0. The summed E-state index contributed by atoms with van der Waals surface area (Å²) in [6.07, 6.45) is 58.4. The summed E-state index contributed by atoms with van der Waals surface area (Å²) in [6, 6.07) is 0. The first-order valence-corrected chi connectivity index (χ1v) is 45.3. The second kappa shape index (κ2) is 71.0. The molecule has 0 aliphatic heterocycles. The van der Waals surface area contributed by atoms with Crippen LogP contribution in [0.2, 0.25) is 0 Å². The van der Waals surface area contributed by atoms with Crippen LogP contribution in [-0.2, 0) is 65.4 Å². The summed E-state index contributed by atoms with van der Waals surface area (Å²) < 4.78 is 68.7. The topological polar surface area (TPSA) is 237 Å². The quantitative estimate of drug-likeness (QED) is 0.0222. The highest BCUT2D eigenvalue weighted by molar-refractivity contribution is 7.47. The molecule has 7 atom stereocenters. The van der Waals surface area contributed by atoms with E-state index in [1.54, 1.807) is 0 Å². The van der Waals surface area contributed by atoms with Crippen molar-refractivity contribution in [2.24, 2.45) is 23.7 Å². The normalized spacial score (nSPS) is 14.5. The van der Waals surface area contributed by atoms with Crippen LogP contribution >= 0.6 is 15.6 Å². The minimum Gasteiger partial charge on any atom is -0.462 e. The lowest BCUT2D eigenvalue weighted by molar-refractivity contribution is -0.161. The molecular weight excluding hydrogens is 1320 g/mol. The molecule has 17 nitrogen and oxygen atoms in total. The van der Waals surface area contributed by atoms with Gasteiger partial charge >= 0.3 is 39.5 Å². The van der Waals surface area contributed by atoms with Crippen molar-refractivity contribution in [2.75, 3.05) is 39.6 Å². The van der Waals surface area contributed by atoms with Crippen molar-refractivity contribution in [3.05, 3.63) is 0 Å². The first-order chi connectivity index (χ1) is 48.7. The molecule has 0 amide bonds. The lowest BCUT2D eigenvalue weighted by atomic mass is 9.99. The monoisotopic (exact) mass is 1480 g/mol. The van der Waals surface area contributed by atoms with E-state index in [1.807, 2.05) is 0 Å². The van der Waals surface area contributed by atoms with Crippen LogP contribution in [0, 0.1) is 23.7 Å². The molecule has 0 aromatic carbocycles. The third-order valence-corrected chi connectivity index (χ3v) is 21.7. The van der Waals surface area contributed by atoms with Crippen LogP contribution in [0.1, 0.15) is 421 Å². The highest BCUT2D eigenvalue weighted by Crippen LogP contribution is 2.45. The van der Waals surface area contributed by atoms with E-state index in [0.29, 0.717) is 31.6 Å². The number of phosphoric ester groups is 2. The number of carbonyl (C=O) groups excluding carboxylic acids is 4. The molecule has 0 aliphatic rings. The fourth-order valence-corrected chi connectivity index (χ4v) is 14.1. The van der Waals surface area contributed by atoms with Crippen LogP contribution in [0.5, 0.6) is 0 Å². The number of hydrogen-bond acceptors (Lipinski definition) is 15. The predicted molar refractivity (Wildman–Crippen MR) is 414 cm³/mol. The predicted octanol–water partition coefficient (Wildman–Crippen LogP) is 24.4. The maximum absolute atomic E-state index is 13.1. The van der Waals surface area contributed by atoms with Crippen molar-refractivity contribution < 1.29 is 80.2 Å². The van der Waals surface area contributed by atoms with Gasteiger partial charge in [0.05, 0.1) is 26.4 Å². The molecule has 0 aliphatic carbocycles. The Kier molecular flexibility index (Phi) is 69.6. The van der Waals surface area contributed by atoms with Gasteiger partial charge in [-0.25, -0.2) is 9.13 Å². The third kappa shape index (κ3) is 73.4. The third-order valence-electron chi connectivity index (χ3n) is 19.8. The Bertz CT molecular complexity index is 1980. The maximum atomic E-state index is 13.1. The Hall–Kier alpha value is -1.94. The fourth-order valence-electron chi connectivity index (χ4n) is 12.5. The molecule has 0 fully saturated rings. The van der Waals surface area contributed by atoms with Gasteiger partial charge in [0.2, 0.25) is 0 Å². The number of aliphatic hydroxyl groups is 1. The molecule has 101 heavy (non-hydrogen) atoms. The smallest absolute Gasteiger partial charge is 0.462 e. The molecule has 0 heterocycles. The number of carbonyl (C=O) groups is 4. The minimum absolute atomic E-state index is 0.106. The number of aliphatic hydroxyl groups excluding tert-OH is 1. The van der Waals surface area contributed by atoms with E-state index in [1.165, 1.54) is 218 Å². The average Bonchev–Trinajstić information content (AvgIpc) is 1.15. The number of esters is 4. The standard InChI is InChI=1S/C82H160O17P2/c1-9-74(7)60-52-44-35-29-23-19-15-13-11-12-14-16-21-25-31-38-48-56-64-81(86)98-77(68-92-79(84)62-54-46-37-33-27-28-34-42-50-58-72(3)4)70-96-100(88,89)94-66-76(83)67-95-101(90,91)97-71-78(69-93-80(85)63-55-47-41-40-43-51-59-73(5)6)99-82(87)65-57-49-39-32-26-22-18-17-20-24-30-36-45-53-61-75(8)10-2/h72-78,83H,9-71H2,1-8H3,(H,88,89)(H,90,91)/t74?,75?,76-,77-,78-/m1/s1. The van der Waals surface area contributed by atoms with Crippen LogP contribution in [0.4, 0.5) is 0 Å². The number of ether oxygens (including phenoxy) is 4. The van der Waals surface area contributed by atoms with Gasteiger partial charge in [-0.1, -0.05) is 370 Å². The molecule has 0 radical (unpaired) electrons. The van der Waals surface area contributed by atoms with Gasteiger partial charge in [0.15, 0.2) is 12.2 Å². The van der Waals surface area contributed by atoms with Crippen molar-refractivity contribution in [2.45, 2.75) is 440 Å². The van der Waals surface area contributed by atoms with Gasteiger partial charge in [-0.05, 0) is 49.4 Å². The van der Waals surface area contributed by atoms with Gasteiger partial charge in [0, 0.05) is 25.7 Å². The van der Waals surface area contributed by atoms with Crippen molar-refractivity contribution in [1.82, 2.24) is 0 Å². The van der Waals surface area contributed by atoms with Gasteiger partial charge in [-0.15, -0.1) is 0 Å². The van der Waals surface area contributed by atoms with Crippen molar-refractivity contribution in [3.8, 4) is 0 Å². The first kappa shape index (κ1) is 99.1. The van der Waals surface area contributed by atoms with Crippen molar-refractivity contribution in [3.63, 3.8) is 0 Å². The average molecular weight is 1480 g/mol. The van der Waals surface area contributed by atoms with Gasteiger partial charge in [-0.2, -0.15) is 0 Å². The Morgan fingerprint density at radius 1 is 0.277 bits per heavy atom. The number of hydrogen-bond donors (Lipinski definition) is 3. The van der Waals surface area contributed by atoms with Gasteiger partial charge in [0.25, 0.3) is 0 Å². The lowest BCUT2D eigenvalue weighted by Crippen LogP contribution is -2.30. The summed E-state index contributed by atoms with van der Waals surface area (Å²) in [6.45, 7) is 14.3. The molecule has 19 heteroatoms.